The van der Waals surface area contributed by atoms with Crippen LogP contribution in [0.3, 0.4) is 0 Å². The molecule has 2 aromatic rings. The normalized spacial score (nSPS) is 11.2. The van der Waals surface area contributed by atoms with E-state index in [0.29, 0.717) is 23.1 Å². The molecular weight excluding hydrogens is 321 g/mol. The van der Waals surface area contributed by atoms with Crippen LogP contribution in [0.5, 0.6) is 5.75 Å². The second kappa shape index (κ2) is 7.38. The summed E-state index contributed by atoms with van der Waals surface area (Å²) >= 11 is 0. The van der Waals surface area contributed by atoms with E-state index in [2.05, 4.69) is 4.74 Å². The van der Waals surface area contributed by atoms with Crippen molar-refractivity contribution in [3.05, 3.63) is 53.6 Å². The summed E-state index contributed by atoms with van der Waals surface area (Å²) in [6.45, 7) is 3.74. The minimum atomic E-state index is -4.79. The van der Waals surface area contributed by atoms with Gasteiger partial charge >= 0.3 is 12.3 Å². The first kappa shape index (κ1) is 17.8. The third-order valence-corrected chi connectivity index (χ3v) is 3.43. The largest absolute Gasteiger partial charge is 0.573 e. The maximum atomic E-state index is 12.6. The number of ether oxygens (including phenoxy) is 2. The van der Waals surface area contributed by atoms with Crippen molar-refractivity contribution in [3.63, 3.8) is 0 Å². The molecule has 0 amide bonds. The second-order valence-corrected chi connectivity index (χ2v) is 4.95. The van der Waals surface area contributed by atoms with Crippen LogP contribution >= 0.6 is 0 Å². The minimum Gasteiger partial charge on any atom is -0.462 e. The van der Waals surface area contributed by atoms with Crippen molar-refractivity contribution in [2.75, 3.05) is 6.61 Å². The van der Waals surface area contributed by atoms with Crippen LogP contribution in [0, 0.1) is 0 Å². The molecule has 0 heterocycles. The van der Waals surface area contributed by atoms with Crippen molar-refractivity contribution >= 4 is 5.97 Å². The van der Waals surface area contributed by atoms with Crippen LogP contribution in [0.4, 0.5) is 13.2 Å². The standard InChI is InChI=1S/C18H17F3O3/c1-3-12-13(9-7-10-15(12)17(22)23-4-2)14-8-5-6-11-16(14)24-18(19,20)21/h5-11H,3-4H2,1-2H3. The molecule has 0 aliphatic rings. The van der Waals surface area contributed by atoms with Gasteiger partial charge in [-0.3, -0.25) is 0 Å². The Morgan fingerprint density at radius 3 is 2.29 bits per heavy atom. The quantitative estimate of drug-likeness (QED) is 0.721. The molecular formula is C18H17F3O3. The molecule has 0 bridgehead atoms. The number of carbonyl (C=O) groups is 1. The van der Waals surface area contributed by atoms with E-state index in [0.717, 1.165) is 0 Å². The van der Waals surface area contributed by atoms with Gasteiger partial charge in [-0.2, -0.15) is 0 Å². The Labute approximate surface area is 138 Å². The van der Waals surface area contributed by atoms with Gasteiger partial charge in [0.2, 0.25) is 0 Å². The average Bonchev–Trinajstić information content (AvgIpc) is 2.53. The Morgan fingerprint density at radius 1 is 1.00 bits per heavy atom. The minimum absolute atomic E-state index is 0.222. The topological polar surface area (TPSA) is 35.5 Å². The number of para-hydroxylation sites is 1. The number of hydrogen-bond acceptors (Lipinski definition) is 3. The number of alkyl halides is 3. The van der Waals surface area contributed by atoms with E-state index in [-0.39, 0.29) is 17.9 Å². The van der Waals surface area contributed by atoms with Gasteiger partial charge in [0, 0.05) is 5.56 Å². The third-order valence-electron chi connectivity index (χ3n) is 3.43. The van der Waals surface area contributed by atoms with Gasteiger partial charge < -0.3 is 9.47 Å². The summed E-state index contributed by atoms with van der Waals surface area (Å²) in [6, 6.07) is 10.8. The summed E-state index contributed by atoms with van der Waals surface area (Å²) in [5.41, 5.74) is 1.76. The Bertz CT molecular complexity index is 724. The summed E-state index contributed by atoms with van der Waals surface area (Å²) in [4.78, 5) is 12.1. The average molecular weight is 338 g/mol. The van der Waals surface area contributed by atoms with Crippen LogP contribution in [0.25, 0.3) is 11.1 Å². The second-order valence-electron chi connectivity index (χ2n) is 4.95. The van der Waals surface area contributed by atoms with Crippen LogP contribution in [-0.2, 0) is 11.2 Å². The van der Waals surface area contributed by atoms with Gasteiger partial charge in [0.05, 0.1) is 12.2 Å². The summed E-state index contributed by atoms with van der Waals surface area (Å²) in [5.74, 6) is -0.800. The number of esters is 1. The summed E-state index contributed by atoms with van der Waals surface area (Å²) in [7, 11) is 0. The summed E-state index contributed by atoms with van der Waals surface area (Å²) < 4.78 is 47.0. The maximum absolute atomic E-state index is 12.6. The SMILES string of the molecule is CCOC(=O)c1cccc(-c2ccccc2OC(F)(F)F)c1CC. The molecule has 0 aromatic heterocycles. The van der Waals surface area contributed by atoms with Crippen molar-refractivity contribution in [2.45, 2.75) is 26.6 Å². The van der Waals surface area contributed by atoms with Crippen LogP contribution in [0.2, 0.25) is 0 Å². The molecule has 0 radical (unpaired) electrons. The lowest BCUT2D eigenvalue weighted by atomic mass is 9.93. The molecule has 0 spiro atoms. The molecule has 3 nitrogen and oxygen atoms in total. The number of hydrogen-bond donors (Lipinski definition) is 0. The van der Waals surface area contributed by atoms with Crippen LogP contribution in [0.15, 0.2) is 42.5 Å². The molecule has 0 aliphatic heterocycles. The van der Waals surface area contributed by atoms with E-state index in [1.54, 1.807) is 31.2 Å². The van der Waals surface area contributed by atoms with Crippen LogP contribution in [0.1, 0.15) is 29.8 Å². The van der Waals surface area contributed by atoms with E-state index in [4.69, 9.17) is 4.74 Å². The summed E-state index contributed by atoms with van der Waals surface area (Å²) in [5, 5.41) is 0. The smallest absolute Gasteiger partial charge is 0.462 e. The lowest BCUT2D eigenvalue weighted by Gasteiger charge is -2.17. The van der Waals surface area contributed by atoms with Gasteiger partial charge in [0.15, 0.2) is 0 Å². The van der Waals surface area contributed by atoms with Gasteiger partial charge in [-0.1, -0.05) is 37.3 Å². The summed E-state index contributed by atoms with van der Waals surface area (Å²) in [6.07, 6.45) is -4.33. The van der Waals surface area contributed by atoms with E-state index >= 15 is 0 Å². The van der Waals surface area contributed by atoms with Gasteiger partial charge in [-0.05, 0) is 36.6 Å². The van der Waals surface area contributed by atoms with Crippen LogP contribution < -0.4 is 4.74 Å². The number of benzene rings is 2. The highest BCUT2D eigenvalue weighted by atomic mass is 19.4. The predicted molar refractivity (Wildman–Crippen MR) is 83.9 cm³/mol. The van der Waals surface area contributed by atoms with Gasteiger partial charge in [0.1, 0.15) is 5.75 Å². The van der Waals surface area contributed by atoms with Gasteiger partial charge in [0.25, 0.3) is 0 Å². The zero-order chi connectivity index (χ0) is 17.7. The molecule has 0 aliphatic carbocycles. The number of rotatable bonds is 5. The fourth-order valence-corrected chi connectivity index (χ4v) is 2.52. The first-order valence-corrected chi connectivity index (χ1v) is 7.51. The monoisotopic (exact) mass is 338 g/mol. The molecule has 0 saturated heterocycles. The fourth-order valence-electron chi connectivity index (χ4n) is 2.52. The molecule has 0 fully saturated rings. The van der Waals surface area contributed by atoms with Crippen molar-refractivity contribution in [3.8, 4) is 16.9 Å². The van der Waals surface area contributed by atoms with E-state index in [9.17, 15) is 18.0 Å². The predicted octanol–water partition coefficient (Wildman–Crippen LogP) is 4.99. The molecule has 2 rings (SSSR count). The molecule has 6 heteroatoms. The Balaban J connectivity index is 2.57. The Hall–Kier alpha value is -2.50. The molecule has 0 N–H and O–H groups in total. The first-order valence-electron chi connectivity index (χ1n) is 7.51. The van der Waals surface area contributed by atoms with Crippen molar-refractivity contribution in [1.29, 1.82) is 0 Å². The van der Waals surface area contributed by atoms with Gasteiger partial charge in [-0.15, -0.1) is 13.2 Å². The van der Waals surface area contributed by atoms with Crippen molar-refractivity contribution in [2.24, 2.45) is 0 Å². The van der Waals surface area contributed by atoms with Crippen molar-refractivity contribution < 1.29 is 27.4 Å². The molecule has 0 atom stereocenters. The third kappa shape index (κ3) is 4.07. The van der Waals surface area contributed by atoms with E-state index in [1.165, 1.54) is 18.2 Å². The van der Waals surface area contributed by atoms with Gasteiger partial charge in [-0.25, -0.2) is 4.79 Å². The van der Waals surface area contributed by atoms with E-state index < -0.39 is 12.3 Å². The Kier molecular flexibility index (Phi) is 5.49. The molecule has 24 heavy (non-hydrogen) atoms. The first-order chi connectivity index (χ1) is 11.4. The highest BCUT2D eigenvalue weighted by molar-refractivity contribution is 5.94. The highest BCUT2D eigenvalue weighted by Gasteiger charge is 2.32. The van der Waals surface area contributed by atoms with E-state index in [1.807, 2.05) is 6.92 Å². The lowest BCUT2D eigenvalue weighted by Crippen LogP contribution is -2.17. The number of halogens is 3. The zero-order valence-corrected chi connectivity index (χ0v) is 13.3. The molecule has 2 aromatic carbocycles. The lowest BCUT2D eigenvalue weighted by molar-refractivity contribution is -0.274. The number of carbonyl (C=O) groups excluding carboxylic acids is 1. The molecule has 128 valence electrons. The Morgan fingerprint density at radius 2 is 1.67 bits per heavy atom. The molecule has 0 saturated carbocycles. The fraction of sp³-hybridized carbons (Fsp3) is 0.278. The maximum Gasteiger partial charge on any atom is 0.573 e. The molecule has 0 unspecified atom stereocenters. The van der Waals surface area contributed by atoms with Crippen molar-refractivity contribution in [1.82, 2.24) is 0 Å². The zero-order valence-electron chi connectivity index (χ0n) is 13.3. The van der Waals surface area contributed by atoms with Crippen LogP contribution in [-0.4, -0.2) is 18.9 Å². The highest BCUT2D eigenvalue weighted by Crippen LogP contribution is 2.36.